The summed E-state index contributed by atoms with van der Waals surface area (Å²) >= 11 is 0. The normalized spacial score (nSPS) is 24.1. The molecule has 3 rings (SSSR count). The predicted octanol–water partition coefficient (Wildman–Crippen LogP) is 1.35. The Morgan fingerprint density at radius 3 is 2.79 bits per heavy atom. The molecule has 0 spiro atoms. The van der Waals surface area contributed by atoms with Gasteiger partial charge in [0.2, 0.25) is 5.91 Å². The highest BCUT2D eigenvalue weighted by Gasteiger charge is 2.31. The Morgan fingerprint density at radius 1 is 1.14 bits per heavy atom. The topological polar surface area (TPSA) is 103 Å². The molecule has 1 aliphatic heterocycles. The summed E-state index contributed by atoms with van der Waals surface area (Å²) in [5.74, 6) is 0.765. The van der Waals surface area contributed by atoms with E-state index in [1.807, 2.05) is 24.3 Å². The molecule has 7 heteroatoms. The van der Waals surface area contributed by atoms with Gasteiger partial charge in [-0.05, 0) is 44.2 Å². The van der Waals surface area contributed by atoms with Gasteiger partial charge in [-0.25, -0.2) is 0 Å². The molecule has 1 saturated heterocycles. The Hall–Kier alpha value is -2.12. The summed E-state index contributed by atoms with van der Waals surface area (Å²) in [6.45, 7) is 2.15. The van der Waals surface area contributed by atoms with Crippen molar-refractivity contribution in [1.29, 1.82) is 0 Å². The van der Waals surface area contributed by atoms with E-state index in [0.717, 1.165) is 44.3 Å². The fourth-order valence-corrected chi connectivity index (χ4v) is 4.00. The molecule has 1 unspecified atom stereocenters. The smallest absolute Gasteiger partial charge is 0.258 e. The molecule has 1 aromatic carbocycles. The minimum absolute atomic E-state index is 0.00154. The quantitative estimate of drug-likeness (QED) is 0.592. The van der Waals surface area contributed by atoms with E-state index in [-0.39, 0.29) is 36.4 Å². The van der Waals surface area contributed by atoms with Crippen molar-refractivity contribution in [1.82, 2.24) is 10.6 Å². The summed E-state index contributed by atoms with van der Waals surface area (Å²) in [5, 5.41) is 5.85. The van der Waals surface area contributed by atoms with Crippen LogP contribution in [0.25, 0.3) is 0 Å². The minimum Gasteiger partial charge on any atom is -0.483 e. The Morgan fingerprint density at radius 2 is 2.00 bits per heavy atom. The van der Waals surface area contributed by atoms with Gasteiger partial charge in [0.1, 0.15) is 5.75 Å². The molecular formula is C21H31N3O4. The van der Waals surface area contributed by atoms with E-state index in [9.17, 15) is 9.59 Å². The van der Waals surface area contributed by atoms with E-state index < -0.39 is 0 Å². The zero-order chi connectivity index (χ0) is 19.8. The third-order valence-corrected chi connectivity index (χ3v) is 5.63. The lowest BCUT2D eigenvalue weighted by Crippen LogP contribution is -2.35. The molecule has 2 aliphatic rings. The fourth-order valence-electron chi connectivity index (χ4n) is 4.00. The van der Waals surface area contributed by atoms with Crippen LogP contribution in [0.3, 0.4) is 0 Å². The van der Waals surface area contributed by atoms with Gasteiger partial charge in [-0.3, -0.25) is 9.59 Å². The van der Waals surface area contributed by atoms with Gasteiger partial charge in [0.25, 0.3) is 5.91 Å². The van der Waals surface area contributed by atoms with Crippen LogP contribution in [0.1, 0.15) is 37.7 Å². The fraction of sp³-hybridized carbons (Fsp3) is 0.619. The number of nitrogens with one attached hydrogen (secondary N) is 2. The lowest BCUT2D eigenvalue weighted by molar-refractivity contribution is -0.126. The summed E-state index contributed by atoms with van der Waals surface area (Å²) in [6.07, 6.45) is 5.12. The van der Waals surface area contributed by atoms with Crippen LogP contribution in [0, 0.1) is 11.8 Å². The number of para-hydroxylation sites is 1. The minimum atomic E-state index is -0.175. The first kappa shape index (κ1) is 20.6. The second-order valence-corrected chi connectivity index (χ2v) is 7.59. The van der Waals surface area contributed by atoms with Gasteiger partial charge >= 0.3 is 0 Å². The average Bonchev–Trinajstić information content (AvgIpc) is 3.41. The van der Waals surface area contributed by atoms with Crippen LogP contribution in [0.5, 0.6) is 5.75 Å². The largest absolute Gasteiger partial charge is 0.483 e. The number of hydrogen-bond acceptors (Lipinski definition) is 5. The lowest BCUT2D eigenvalue weighted by atomic mass is 9.95. The lowest BCUT2D eigenvalue weighted by Gasteiger charge is -2.18. The van der Waals surface area contributed by atoms with Crippen LogP contribution in [-0.2, 0) is 20.9 Å². The zero-order valence-electron chi connectivity index (χ0n) is 16.3. The summed E-state index contributed by atoms with van der Waals surface area (Å²) in [7, 11) is 0. The van der Waals surface area contributed by atoms with Crippen molar-refractivity contribution in [3.05, 3.63) is 29.8 Å². The summed E-state index contributed by atoms with van der Waals surface area (Å²) < 4.78 is 11.2. The molecule has 1 saturated carbocycles. The standard InChI is InChI=1S/C21H31N3O4/c22-11-15-6-3-8-18(15)21(26)24-12-16-5-1-2-9-19(16)28-14-20(25)23-13-17-7-4-10-27-17/h1-2,5,9,15,17-18H,3-4,6-8,10-14,22H2,(H,23,25)(H,24,26)/t15-,17?,18-/m1/s1. The van der Waals surface area contributed by atoms with Crippen molar-refractivity contribution < 1.29 is 19.1 Å². The molecule has 3 atom stereocenters. The first-order valence-electron chi connectivity index (χ1n) is 10.2. The highest BCUT2D eigenvalue weighted by Crippen LogP contribution is 2.31. The van der Waals surface area contributed by atoms with Crippen LogP contribution < -0.4 is 21.1 Å². The maximum Gasteiger partial charge on any atom is 0.258 e. The van der Waals surface area contributed by atoms with Gasteiger partial charge in [0.05, 0.1) is 6.10 Å². The number of ether oxygens (including phenoxy) is 2. The molecule has 4 N–H and O–H groups in total. The van der Waals surface area contributed by atoms with E-state index in [4.69, 9.17) is 15.2 Å². The second-order valence-electron chi connectivity index (χ2n) is 7.59. The Balaban J connectivity index is 1.45. The highest BCUT2D eigenvalue weighted by atomic mass is 16.5. The SMILES string of the molecule is NC[C@H]1CCC[C@H]1C(=O)NCc1ccccc1OCC(=O)NCC1CCCO1. The van der Waals surface area contributed by atoms with Crippen LogP contribution in [0.15, 0.2) is 24.3 Å². The Bertz CT molecular complexity index is 661. The number of nitrogens with two attached hydrogens (primary N) is 1. The van der Waals surface area contributed by atoms with Gasteiger partial charge in [0.15, 0.2) is 6.61 Å². The third kappa shape index (κ3) is 5.69. The Kier molecular flexibility index (Phi) is 7.68. The molecule has 2 amide bonds. The van der Waals surface area contributed by atoms with E-state index >= 15 is 0 Å². The van der Waals surface area contributed by atoms with Crippen LogP contribution >= 0.6 is 0 Å². The molecule has 2 fully saturated rings. The van der Waals surface area contributed by atoms with Crippen molar-refractivity contribution in [2.24, 2.45) is 17.6 Å². The number of carbonyl (C=O) groups excluding carboxylic acids is 2. The molecule has 1 heterocycles. The zero-order valence-corrected chi connectivity index (χ0v) is 16.3. The molecular weight excluding hydrogens is 358 g/mol. The van der Waals surface area contributed by atoms with Gasteiger partial charge in [-0.1, -0.05) is 24.6 Å². The van der Waals surface area contributed by atoms with Crippen molar-refractivity contribution in [2.45, 2.75) is 44.8 Å². The molecule has 7 nitrogen and oxygen atoms in total. The summed E-state index contributed by atoms with van der Waals surface area (Å²) in [5.41, 5.74) is 6.63. The molecule has 0 bridgehead atoms. The first-order chi connectivity index (χ1) is 13.7. The van der Waals surface area contributed by atoms with Gasteiger partial charge < -0.3 is 25.8 Å². The summed E-state index contributed by atoms with van der Waals surface area (Å²) in [6, 6.07) is 7.46. The Labute approximate surface area is 166 Å². The number of amides is 2. The third-order valence-electron chi connectivity index (χ3n) is 5.63. The molecule has 0 radical (unpaired) electrons. The number of benzene rings is 1. The van der Waals surface area contributed by atoms with Crippen LogP contribution in [-0.4, -0.2) is 44.2 Å². The summed E-state index contributed by atoms with van der Waals surface area (Å²) in [4.78, 5) is 24.5. The van der Waals surface area contributed by atoms with Gasteiger partial charge in [-0.15, -0.1) is 0 Å². The number of rotatable bonds is 9. The van der Waals surface area contributed by atoms with Crippen molar-refractivity contribution in [3.63, 3.8) is 0 Å². The van der Waals surface area contributed by atoms with Gasteiger partial charge in [-0.2, -0.15) is 0 Å². The number of hydrogen-bond donors (Lipinski definition) is 3. The maximum atomic E-state index is 12.5. The molecule has 28 heavy (non-hydrogen) atoms. The second kappa shape index (κ2) is 10.4. The van der Waals surface area contributed by atoms with Crippen molar-refractivity contribution in [2.75, 3.05) is 26.3 Å². The maximum absolute atomic E-state index is 12.5. The van der Waals surface area contributed by atoms with Crippen molar-refractivity contribution >= 4 is 11.8 Å². The van der Waals surface area contributed by atoms with Crippen molar-refractivity contribution in [3.8, 4) is 5.75 Å². The molecule has 154 valence electrons. The van der Waals surface area contributed by atoms with E-state index in [0.29, 0.717) is 25.4 Å². The molecule has 1 aromatic rings. The molecule has 0 aromatic heterocycles. The highest BCUT2D eigenvalue weighted by molar-refractivity contribution is 5.79. The van der Waals surface area contributed by atoms with Gasteiger partial charge in [0, 0.05) is 31.2 Å². The average molecular weight is 389 g/mol. The predicted molar refractivity (Wildman–Crippen MR) is 106 cm³/mol. The van der Waals surface area contributed by atoms with E-state index in [2.05, 4.69) is 10.6 Å². The first-order valence-corrected chi connectivity index (χ1v) is 10.2. The van der Waals surface area contributed by atoms with E-state index in [1.54, 1.807) is 0 Å². The monoisotopic (exact) mass is 389 g/mol. The number of carbonyl (C=O) groups is 2. The van der Waals surface area contributed by atoms with E-state index in [1.165, 1.54) is 0 Å². The molecule has 1 aliphatic carbocycles. The van der Waals surface area contributed by atoms with Crippen LogP contribution in [0.4, 0.5) is 0 Å². The van der Waals surface area contributed by atoms with Crippen LogP contribution in [0.2, 0.25) is 0 Å².